The second-order valence-electron chi connectivity index (χ2n) is 6.07. The third-order valence-electron chi connectivity index (χ3n) is 4.93. The van der Waals surface area contributed by atoms with Crippen molar-refractivity contribution in [2.24, 2.45) is 5.41 Å². The summed E-state index contributed by atoms with van der Waals surface area (Å²) < 4.78 is 5.81. The van der Waals surface area contributed by atoms with Crippen molar-refractivity contribution in [1.29, 1.82) is 0 Å². The van der Waals surface area contributed by atoms with Crippen molar-refractivity contribution in [3.63, 3.8) is 0 Å². The van der Waals surface area contributed by atoms with Crippen molar-refractivity contribution in [2.75, 3.05) is 11.9 Å². The van der Waals surface area contributed by atoms with Crippen molar-refractivity contribution >= 4 is 11.7 Å². The number of carboxylic acids is 1. The lowest BCUT2D eigenvalue weighted by Gasteiger charge is -2.54. The summed E-state index contributed by atoms with van der Waals surface area (Å²) in [4.78, 5) is 11.1. The molecule has 1 fully saturated rings. The molecule has 3 atom stereocenters. The van der Waals surface area contributed by atoms with Gasteiger partial charge in [-0.1, -0.05) is 19.9 Å². The number of rotatable bonds is 6. The minimum Gasteiger partial charge on any atom is -0.478 e. The number of benzene rings is 1. The van der Waals surface area contributed by atoms with Gasteiger partial charge in [0.25, 0.3) is 0 Å². The van der Waals surface area contributed by atoms with Crippen LogP contribution in [0.1, 0.15) is 49.5 Å². The molecule has 1 aromatic carbocycles. The predicted molar refractivity (Wildman–Crippen MR) is 84.0 cm³/mol. The fourth-order valence-electron chi connectivity index (χ4n) is 3.07. The number of hydrogen-bond acceptors (Lipinski definition) is 3. The Kier molecular flexibility index (Phi) is 4.57. The summed E-state index contributed by atoms with van der Waals surface area (Å²) >= 11 is 0. The first-order chi connectivity index (χ1) is 9.92. The Labute approximate surface area is 126 Å². The normalized spacial score (nSPS) is 28.0. The minimum absolute atomic E-state index is 0.0989. The van der Waals surface area contributed by atoms with Crippen LogP contribution in [0.4, 0.5) is 5.69 Å². The summed E-state index contributed by atoms with van der Waals surface area (Å²) in [5, 5.41) is 12.6. The molecule has 0 bridgehead atoms. The second-order valence-corrected chi connectivity index (χ2v) is 6.07. The number of hydrogen-bond donors (Lipinski definition) is 2. The molecule has 0 saturated heterocycles. The van der Waals surface area contributed by atoms with Gasteiger partial charge in [0.2, 0.25) is 0 Å². The van der Waals surface area contributed by atoms with E-state index in [4.69, 9.17) is 9.84 Å². The van der Waals surface area contributed by atoms with E-state index in [9.17, 15) is 4.79 Å². The molecule has 0 heterocycles. The molecule has 0 aromatic heterocycles. The van der Waals surface area contributed by atoms with Crippen LogP contribution in [0.2, 0.25) is 0 Å². The molecule has 3 unspecified atom stereocenters. The fraction of sp³-hybridized carbons (Fsp3) is 0.588. The molecule has 116 valence electrons. The molecule has 4 heteroatoms. The topological polar surface area (TPSA) is 58.6 Å². The van der Waals surface area contributed by atoms with E-state index in [-0.39, 0.29) is 11.5 Å². The summed E-state index contributed by atoms with van der Waals surface area (Å²) in [7, 11) is 0. The highest BCUT2D eigenvalue weighted by Crippen LogP contribution is 2.47. The van der Waals surface area contributed by atoms with Gasteiger partial charge in [-0.2, -0.15) is 0 Å². The van der Waals surface area contributed by atoms with Gasteiger partial charge in [-0.15, -0.1) is 0 Å². The maximum atomic E-state index is 11.1. The van der Waals surface area contributed by atoms with Crippen molar-refractivity contribution in [3.8, 4) is 0 Å². The average molecular weight is 291 g/mol. The van der Waals surface area contributed by atoms with E-state index in [0.29, 0.717) is 11.6 Å². The molecule has 0 radical (unpaired) electrons. The molecule has 21 heavy (non-hydrogen) atoms. The summed E-state index contributed by atoms with van der Waals surface area (Å²) in [6.07, 6.45) is 2.29. The SMILES string of the molecule is CCOC1CC(Nc2cc(C(=O)O)ccc2C)C1(C)CC. The van der Waals surface area contributed by atoms with Gasteiger partial charge in [0.05, 0.1) is 11.7 Å². The van der Waals surface area contributed by atoms with Crippen LogP contribution < -0.4 is 5.32 Å². The molecule has 2 rings (SSSR count). The number of nitrogens with one attached hydrogen (secondary N) is 1. The Morgan fingerprint density at radius 1 is 1.48 bits per heavy atom. The smallest absolute Gasteiger partial charge is 0.335 e. The first kappa shape index (κ1) is 15.8. The van der Waals surface area contributed by atoms with Gasteiger partial charge in [0.15, 0.2) is 0 Å². The van der Waals surface area contributed by atoms with Crippen LogP contribution in [0, 0.1) is 12.3 Å². The lowest BCUT2D eigenvalue weighted by molar-refractivity contribution is -0.109. The zero-order valence-electron chi connectivity index (χ0n) is 13.3. The molecule has 2 N–H and O–H groups in total. The van der Waals surface area contributed by atoms with Gasteiger partial charge in [0, 0.05) is 23.8 Å². The van der Waals surface area contributed by atoms with Crippen molar-refractivity contribution in [2.45, 2.75) is 52.7 Å². The van der Waals surface area contributed by atoms with Gasteiger partial charge >= 0.3 is 5.97 Å². The molecule has 0 amide bonds. The fourth-order valence-corrected chi connectivity index (χ4v) is 3.07. The van der Waals surface area contributed by atoms with Gasteiger partial charge in [0.1, 0.15) is 0 Å². The van der Waals surface area contributed by atoms with Crippen molar-refractivity contribution in [3.05, 3.63) is 29.3 Å². The summed E-state index contributed by atoms with van der Waals surface area (Å²) in [6, 6.07) is 5.54. The maximum Gasteiger partial charge on any atom is 0.335 e. The van der Waals surface area contributed by atoms with E-state index in [1.807, 2.05) is 19.9 Å². The van der Waals surface area contributed by atoms with Crippen LogP contribution in [0.5, 0.6) is 0 Å². The molecule has 1 aromatic rings. The van der Waals surface area contributed by atoms with Crippen LogP contribution in [0.15, 0.2) is 18.2 Å². The Morgan fingerprint density at radius 3 is 2.76 bits per heavy atom. The number of aryl methyl sites for hydroxylation is 1. The van der Waals surface area contributed by atoms with E-state index < -0.39 is 5.97 Å². The minimum atomic E-state index is -0.892. The summed E-state index contributed by atoms with van der Waals surface area (Å²) in [5.74, 6) is -0.892. The molecule has 0 aliphatic heterocycles. The van der Waals surface area contributed by atoms with E-state index in [1.165, 1.54) is 0 Å². The Hall–Kier alpha value is -1.55. The lowest BCUT2D eigenvalue weighted by atomic mass is 9.61. The predicted octanol–water partition coefficient (Wildman–Crippen LogP) is 3.70. The number of carboxylic acid groups (broad SMARTS) is 1. The standard InChI is InChI=1S/C17H25NO3/c1-5-17(4)14(10-15(17)21-6-2)18-13-9-12(16(19)20)8-7-11(13)3/h7-9,14-15,18H,5-6,10H2,1-4H3,(H,19,20). The lowest BCUT2D eigenvalue weighted by Crippen LogP contribution is -2.59. The van der Waals surface area contributed by atoms with Crippen molar-refractivity contribution in [1.82, 2.24) is 0 Å². The van der Waals surface area contributed by atoms with E-state index in [2.05, 4.69) is 19.2 Å². The Bertz CT molecular complexity index is 529. The van der Waals surface area contributed by atoms with E-state index >= 15 is 0 Å². The van der Waals surface area contributed by atoms with Crippen LogP contribution in [0.3, 0.4) is 0 Å². The monoisotopic (exact) mass is 291 g/mol. The maximum absolute atomic E-state index is 11.1. The average Bonchev–Trinajstić information content (AvgIpc) is 2.46. The third-order valence-corrected chi connectivity index (χ3v) is 4.93. The molecule has 1 aliphatic rings. The first-order valence-corrected chi connectivity index (χ1v) is 7.64. The highest BCUT2D eigenvalue weighted by Gasteiger charge is 2.51. The number of ether oxygens (including phenoxy) is 1. The van der Waals surface area contributed by atoms with Crippen LogP contribution in [0.25, 0.3) is 0 Å². The summed E-state index contributed by atoms with van der Waals surface area (Å²) in [5.41, 5.74) is 2.40. The van der Waals surface area contributed by atoms with Gasteiger partial charge < -0.3 is 15.2 Å². The Balaban J connectivity index is 2.15. The van der Waals surface area contributed by atoms with Crippen molar-refractivity contribution < 1.29 is 14.6 Å². The molecular weight excluding hydrogens is 266 g/mol. The van der Waals surface area contributed by atoms with Gasteiger partial charge in [-0.25, -0.2) is 4.79 Å². The third kappa shape index (κ3) is 2.91. The zero-order chi connectivity index (χ0) is 15.6. The van der Waals surface area contributed by atoms with Crippen LogP contribution >= 0.6 is 0 Å². The molecule has 4 nitrogen and oxygen atoms in total. The number of anilines is 1. The second kappa shape index (κ2) is 6.06. The largest absolute Gasteiger partial charge is 0.478 e. The number of carbonyl (C=O) groups is 1. The quantitative estimate of drug-likeness (QED) is 0.839. The Morgan fingerprint density at radius 2 is 2.19 bits per heavy atom. The number of aromatic carboxylic acids is 1. The molecular formula is C17H25NO3. The highest BCUT2D eigenvalue weighted by atomic mass is 16.5. The van der Waals surface area contributed by atoms with E-state index in [1.54, 1.807) is 12.1 Å². The molecule has 0 spiro atoms. The van der Waals surface area contributed by atoms with Gasteiger partial charge in [-0.05, 0) is 44.4 Å². The molecule has 1 aliphatic carbocycles. The first-order valence-electron chi connectivity index (χ1n) is 7.64. The van der Waals surface area contributed by atoms with Crippen LogP contribution in [-0.2, 0) is 4.74 Å². The van der Waals surface area contributed by atoms with Gasteiger partial charge in [-0.3, -0.25) is 0 Å². The van der Waals surface area contributed by atoms with E-state index in [0.717, 1.165) is 30.7 Å². The zero-order valence-corrected chi connectivity index (χ0v) is 13.3. The molecule has 1 saturated carbocycles. The highest BCUT2D eigenvalue weighted by molar-refractivity contribution is 5.89. The van der Waals surface area contributed by atoms with Crippen LogP contribution in [-0.4, -0.2) is 29.8 Å². The summed E-state index contributed by atoms with van der Waals surface area (Å²) in [6.45, 7) is 9.18.